The maximum atomic E-state index is 13.3. The Hall–Kier alpha value is -3.02. The van der Waals surface area contributed by atoms with Crippen LogP contribution in [0.1, 0.15) is 23.7 Å². The van der Waals surface area contributed by atoms with Gasteiger partial charge in [-0.3, -0.25) is 4.79 Å². The molecule has 1 atom stereocenters. The molecular formula is C20H18FN3O2. The molecule has 3 aromatic rings. The van der Waals surface area contributed by atoms with Crippen LogP contribution in [0.25, 0.3) is 11.5 Å². The Balaban J connectivity index is 1.42. The second-order valence-corrected chi connectivity index (χ2v) is 6.44. The van der Waals surface area contributed by atoms with Crippen LogP contribution < -0.4 is 0 Å². The van der Waals surface area contributed by atoms with E-state index in [4.69, 9.17) is 4.52 Å². The van der Waals surface area contributed by atoms with Crippen LogP contribution in [0.4, 0.5) is 4.39 Å². The average Bonchev–Trinajstić information content (AvgIpc) is 3.28. The molecule has 5 nitrogen and oxygen atoms in total. The lowest BCUT2D eigenvalue weighted by Crippen LogP contribution is -2.27. The smallest absolute Gasteiger partial charge is 0.258 e. The lowest BCUT2D eigenvalue weighted by atomic mass is 10.1. The standard InChI is InChI=1S/C20H18FN3O2/c21-17-8-4-7-15(11-17)20-22-19(23-26-20)16-12-18(25)24(13-16)10-9-14-5-2-1-3-6-14/h1-8,11,16H,9-10,12-13H2/t16-/m1/s1. The number of aromatic nitrogens is 2. The molecule has 6 heteroatoms. The number of halogens is 1. The summed E-state index contributed by atoms with van der Waals surface area (Å²) < 4.78 is 18.6. The van der Waals surface area contributed by atoms with Gasteiger partial charge in [0.05, 0.1) is 0 Å². The molecule has 1 aliphatic heterocycles. The van der Waals surface area contributed by atoms with Crippen molar-refractivity contribution in [1.82, 2.24) is 15.0 Å². The van der Waals surface area contributed by atoms with Crippen LogP contribution in [0.2, 0.25) is 0 Å². The lowest BCUT2D eigenvalue weighted by molar-refractivity contribution is -0.127. The second kappa shape index (κ2) is 7.07. The van der Waals surface area contributed by atoms with Gasteiger partial charge < -0.3 is 9.42 Å². The number of hydrogen-bond donors (Lipinski definition) is 0. The fraction of sp³-hybridized carbons (Fsp3) is 0.250. The average molecular weight is 351 g/mol. The van der Waals surface area contributed by atoms with Crippen molar-refractivity contribution in [3.05, 3.63) is 71.8 Å². The highest BCUT2D eigenvalue weighted by molar-refractivity contribution is 5.79. The summed E-state index contributed by atoms with van der Waals surface area (Å²) in [6.07, 6.45) is 1.19. The van der Waals surface area contributed by atoms with Gasteiger partial charge in [-0.2, -0.15) is 4.98 Å². The summed E-state index contributed by atoms with van der Waals surface area (Å²) in [4.78, 5) is 18.5. The largest absolute Gasteiger partial charge is 0.342 e. The van der Waals surface area contributed by atoms with E-state index in [1.165, 1.54) is 17.7 Å². The quantitative estimate of drug-likeness (QED) is 0.707. The van der Waals surface area contributed by atoms with Crippen LogP contribution in [0.3, 0.4) is 0 Å². The Morgan fingerprint density at radius 2 is 2.00 bits per heavy atom. The molecule has 0 aliphatic carbocycles. The molecule has 1 fully saturated rings. The van der Waals surface area contributed by atoms with E-state index >= 15 is 0 Å². The Morgan fingerprint density at radius 1 is 1.15 bits per heavy atom. The Kier molecular flexibility index (Phi) is 4.48. The minimum absolute atomic E-state index is 0.0932. The van der Waals surface area contributed by atoms with E-state index in [9.17, 15) is 9.18 Å². The molecule has 1 aromatic heterocycles. The number of benzene rings is 2. The third kappa shape index (κ3) is 3.49. The van der Waals surface area contributed by atoms with E-state index in [2.05, 4.69) is 22.3 Å². The van der Waals surface area contributed by atoms with Gasteiger partial charge in [-0.15, -0.1) is 0 Å². The SMILES string of the molecule is O=C1C[C@@H](c2noc(-c3cccc(F)c3)n2)CN1CCc1ccccc1. The molecule has 0 saturated carbocycles. The van der Waals surface area contributed by atoms with Gasteiger partial charge in [0, 0.05) is 31.0 Å². The fourth-order valence-corrected chi connectivity index (χ4v) is 3.21. The highest BCUT2D eigenvalue weighted by Gasteiger charge is 2.33. The van der Waals surface area contributed by atoms with Crippen molar-refractivity contribution in [2.45, 2.75) is 18.8 Å². The first kappa shape index (κ1) is 16.4. The first-order chi connectivity index (χ1) is 12.7. The van der Waals surface area contributed by atoms with Crippen molar-refractivity contribution in [2.24, 2.45) is 0 Å². The Bertz CT molecular complexity index is 910. The first-order valence-electron chi connectivity index (χ1n) is 8.60. The minimum Gasteiger partial charge on any atom is -0.342 e. The molecule has 1 saturated heterocycles. The summed E-state index contributed by atoms with van der Waals surface area (Å²) in [5.74, 6) is 0.423. The number of carbonyl (C=O) groups excluding carboxylic acids is 1. The van der Waals surface area contributed by atoms with Crippen LogP contribution in [0, 0.1) is 5.82 Å². The first-order valence-corrected chi connectivity index (χ1v) is 8.60. The zero-order valence-electron chi connectivity index (χ0n) is 14.1. The number of likely N-dealkylation sites (tertiary alicyclic amines) is 1. The summed E-state index contributed by atoms with van der Waals surface area (Å²) >= 11 is 0. The number of amides is 1. The molecule has 2 aromatic carbocycles. The molecule has 0 radical (unpaired) electrons. The molecule has 0 spiro atoms. The Labute approximate surface area is 150 Å². The predicted molar refractivity (Wildman–Crippen MR) is 93.8 cm³/mol. The zero-order chi connectivity index (χ0) is 17.9. The maximum absolute atomic E-state index is 13.3. The topological polar surface area (TPSA) is 59.2 Å². The molecule has 0 bridgehead atoms. The van der Waals surface area contributed by atoms with Crippen LogP contribution in [-0.2, 0) is 11.2 Å². The van der Waals surface area contributed by atoms with Crippen LogP contribution >= 0.6 is 0 Å². The van der Waals surface area contributed by atoms with Gasteiger partial charge in [0.1, 0.15) is 5.82 Å². The van der Waals surface area contributed by atoms with E-state index in [0.29, 0.717) is 30.9 Å². The summed E-state index contributed by atoms with van der Waals surface area (Å²) in [6, 6.07) is 16.1. The molecule has 26 heavy (non-hydrogen) atoms. The van der Waals surface area contributed by atoms with Gasteiger partial charge in [-0.25, -0.2) is 4.39 Å². The third-order valence-electron chi connectivity index (χ3n) is 4.61. The molecule has 0 N–H and O–H groups in total. The van der Waals surface area contributed by atoms with Crippen molar-refractivity contribution < 1.29 is 13.7 Å². The number of nitrogens with zero attached hydrogens (tertiary/aromatic N) is 3. The summed E-state index contributed by atoms with van der Waals surface area (Å²) in [7, 11) is 0. The minimum atomic E-state index is -0.356. The summed E-state index contributed by atoms with van der Waals surface area (Å²) in [6.45, 7) is 1.25. The van der Waals surface area contributed by atoms with Crippen molar-refractivity contribution in [1.29, 1.82) is 0 Å². The number of hydrogen-bond acceptors (Lipinski definition) is 4. The van der Waals surface area contributed by atoms with Gasteiger partial charge in [-0.05, 0) is 30.2 Å². The normalized spacial score (nSPS) is 17.0. The molecule has 0 unspecified atom stereocenters. The van der Waals surface area contributed by atoms with Gasteiger partial charge >= 0.3 is 0 Å². The maximum Gasteiger partial charge on any atom is 0.258 e. The number of rotatable bonds is 5. The summed E-state index contributed by atoms with van der Waals surface area (Å²) in [5, 5.41) is 4.00. The zero-order valence-corrected chi connectivity index (χ0v) is 14.1. The van der Waals surface area contributed by atoms with E-state index in [-0.39, 0.29) is 23.5 Å². The van der Waals surface area contributed by atoms with E-state index in [0.717, 1.165) is 6.42 Å². The highest BCUT2D eigenvalue weighted by Crippen LogP contribution is 2.28. The molecule has 4 rings (SSSR count). The predicted octanol–water partition coefficient (Wildman–Crippen LogP) is 3.43. The molecule has 1 aliphatic rings. The Morgan fingerprint density at radius 3 is 2.81 bits per heavy atom. The monoisotopic (exact) mass is 351 g/mol. The van der Waals surface area contributed by atoms with Gasteiger partial charge in [-0.1, -0.05) is 41.6 Å². The fourth-order valence-electron chi connectivity index (χ4n) is 3.21. The lowest BCUT2D eigenvalue weighted by Gasteiger charge is -2.15. The molecule has 1 amide bonds. The van der Waals surface area contributed by atoms with Crippen molar-refractivity contribution in [3.63, 3.8) is 0 Å². The van der Waals surface area contributed by atoms with Gasteiger partial charge in [0.25, 0.3) is 5.89 Å². The van der Waals surface area contributed by atoms with Crippen molar-refractivity contribution in [3.8, 4) is 11.5 Å². The van der Waals surface area contributed by atoms with E-state index in [1.807, 2.05) is 23.1 Å². The van der Waals surface area contributed by atoms with Gasteiger partial charge in [0.2, 0.25) is 5.91 Å². The highest BCUT2D eigenvalue weighted by atomic mass is 19.1. The third-order valence-corrected chi connectivity index (χ3v) is 4.61. The summed E-state index contributed by atoms with van der Waals surface area (Å²) in [5.41, 5.74) is 1.74. The number of carbonyl (C=O) groups is 1. The molecule has 2 heterocycles. The van der Waals surface area contributed by atoms with Crippen LogP contribution in [-0.4, -0.2) is 34.0 Å². The van der Waals surface area contributed by atoms with Gasteiger partial charge in [0.15, 0.2) is 5.82 Å². The van der Waals surface area contributed by atoms with Crippen molar-refractivity contribution in [2.75, 3.05) is 13.1 Å². The van der Waals surface area contributed by atoms with E-state index in [1.54, 1.807) is 12.1 Å². The molecule has 132 valence electrons. The van der Waals surface area contributed by atoms with Crippen molar-refractivity contribution >= 4 is 5.91 Å². The van der Waals surface area contributed by atoms with Crippen LogP contribution in [0.15, 0.2) is 59.1 Å². The second-order valence-electron chi connectivity index (χ2n) is 6.44. The van der Waals surface area contributed by atoms with E-state index < -0.39 is 0 Å². The van der Waals surface area contributed by atoms with Crippen LogP contribution in [0.5, 0.6) is 0 Å². The molecular weight excluding hydrogens is 333 g/mol.